The number of carbonyl (C=O) groups excluding carboxylic acids is 2. The number of aliphatic carboxylic acids is 1. The number of hydrogen-bond donors (Lipinski definition) is 2. The van der Waals surface area contributed by atoms with Gasteiger partial charge in [0.1, 0.15) is 6.04 Å². The van der Waals surface area contributed by atoms with Gasteiger partial charge in [-0.15, -0.1) is 0 Å². The summed E-state index contributed by atoms with van der Waals surface area (Å²) in [5.74, 6) is -0.589. The molecule has 0 heterocycles. The zero-order chi connectivity index (χ0) is 15.7. The Morgan fingerprint density at radius 3 is 2.62 bits per heavy atom. The first-order valence-electron chi connectivity index (χ1n) is 6.22. The van der Waals surface area contributed by atoms with Crippen LogP contribution >= 0.6 is 11.8 Å². The molecule has 0 saturated heterocycles. The van der Waals surface area contributed by atoms with Gasteiger partial charge in [-0.1, -0.05) is 24.3 Å². The molecule has 2 N–H and O–H groups in total. The molecule has 0 spiro atoms. The Labute approximate surface area is 126 Å². The zero-order valence-corrected chi connectivity index (χ0v) is 12.4. The van der Waals surface area contributed by atoms with E-state index in [0.717, 1.165) is 11.1 Å². The third-order valence-corrected chi connectivity index (χ3v) is 3.87. The number of carboxylic acid groups (broad SMARTS) is 1. The number of carbonyl (C=O) groups is 3. The minimum absolute atomic E-state index is 0.183. The summed E-state index contributed by atoms with van der Waals surface area (Å²) in [7, 11) is 1.34. The number of methoxy groups -OCH3 is 1. The first-order chi connectivity index (χ1) is 10.1. The second-order valence-corrected chi connectivity index (χ2v) is 5.24. The number of carboxylic acids is 1. The molecular formula is C14H17NO5S. The zero-order valence-electron chi connectivity index (χ0n) is 11.6. The molecule has 21 heavy (non-hydrogen) atoms. The van der Waals surface area contributed by atoms with Gasteiger partial charge in [-0.05, 0) is 11.1 Å². The second kappa shape index (κ2) is 9.02. The van der Waals surface area contributed by atoms with Crippen LogP contribution in [0.3, 0.4) is 0 Å². The SMILES string of the molecule is COC(=O)Cc1ccccc1CSCC(NC=O)C(=O)O. The topological polar surface area (TPSA) is 92.7 Å². The molecule has 1 amide bonds. The maximum absolute atomic E-state index is 11.3. The molecule has 114 valence electrons. The van der Waals surface area contributed by atoms with Crippen LogP contribution in [0, 0.1) is 0 Å². The summed E-state index contributed by atoms with van der Waals surface area (Å²) in [5.41, 5.74) is 1.80. The van der Waals surface area contributed by atoms with Gasteiger partial charge in [-0.25, -0.2) is 4.79 Å². The highest BCUT2D eigenvalue weighted by atomic mass is 32.2. The van der Waals surface area contributed by atoms with Gasteiger partial charge < -0.3 is 15.2 Å². The molecule has 0 bridgehead atoms. The van der Waals surface area contributed by atoms with Crippen molar-refractivity contribution < 1.29 is 24.2 Å². The number of benzene rings is 1. The molecule has 0 aliphatic rings. The fourth-order valence-electron chi connectivity index (χ4n) is 1.66. The lowest BCUT2D eigenvalue weighted by molar-refractivity contribution is -0.140. The number of rotatable bonds is 9. The lowest BCUT2D eigenvalue weighted by Gasteiger charge is -2.12. The van der Waals surface area contributed by atoms with Crippen molar-refractivity contribution in [3.8, 4) is 0 Å². The summed E-state index contributed by atoms with van der Waals surface area (Å²) in [6.45, 7) is 0. The van der Waals surface area contributed by atoms with Crippen LogP contribution < -0.4 is 5.32 Å². The van der Waals surface area contributed by atoms with Crippen molar-refractivity contribution in [3.05, 3.63) is 35.4 Å². The van der Waals surface area contributed by atoms with Crippen molar-refractivity contribution in [3.63, 3.8) is 0 Å². The molecule has 1 aromatic carbocycles. The molecule has 0 saturated carbocycles. The summed E-state index contributed by atoms with van der Waals surface area (Å²) in [6.07, 6.45) is 0.562. The number of amides is 1. The van der Waals surface area contributed by atoms with E-state index in [1.165, 1.54) is 18.9 Å². The van der Waals surface area contributed by atoms with Gasteiger partial charge in [0.05, 0.1) is 13.5 Å². The van der Waals surface area contributed by atoms with E-state index in [9.17, 15) is 14.4 Å². The van der Waals surface area contributed by atoms with E-state index in [2.05, 4.69) is 10.1 Å². The van der Waals surface area contributed by atoms with E-state index >= 15 is 0 Å². The summed E-state index contributed by atoms with van der Waals surface area (Å²) >= 11 is 1.38. The second-order valence-electron chi connectivity index (χ2n) is 4.21. The molecule has 1 aromatic rings. The van der Waals surface area contributed by atoms with E-state index in [1.807, 2.05) is 24.3 Å². The maximum atomic E-state index is 11.3. The third kappa shape index (κ3) is 5.86. The highest BCUT2D eigenvalue weighted by Crippen LogP contribution is 2.18. The van der Waals surface area contributed by atoms with Crippen molar-refractivity contribution in [1.29, 1.82) is 0 Å². The standard InChI is InChI=1S/C14H17NO5S/c1-20-13(17)6-10-4-2-3-5-11(10)7-21-8-12(14(18)19)15-9-16/h2-5,9,12H,6-8H2,1H3,(H,15,16)(H,18,19). The summed E-state index contributed by atoms with van der Waals surface area (Å²) < 4.78 is 4.64. The van der Waals surface area contributed by atoms with E-state index in [4.69, 9.17) is 5.11 Å². The number of thioether (sulfide) groups is 1. The maximum Gasteiger partial charge on any atom is 0.327 e. The van der Waals surface area contributed by atoms with Crippen LogP contribution in [-0.4, -0.2) is 42.4 Å². The van der Waals surface area contributed by atoms with E-state index in [-0.39, 0.29) is 18.1 Å². The summed E-state index contributed by atoms with van der Waals surface area (Å²) in [5, 5.41) is 11.2. The Morgan fingerprint density at radius 2 is 2.05 bits per heavy atom. The van der Waals surface area contributed by atoms with Crippen LogP contribution in [0.4, 0.5) is 0 Å². The van der Waals surface area contributed by atoms with Gasteiger partial charge in [0.25, 0.3) is 0 Å². The number of hydrogen-bond acceptors (Lipinski definition) is 5. The highest BCUT2D eigenvalue weighted by Gasteiger charge is 2.16. The lowest BCUT2D eigenvalue weighted by Crippen LogP contribution is -2.37. The Kier molecular flexibility index (Phi) is 7.31. The van der Waals surface area contributed by atoms with Crippen LogP contribution in [-0.2, 0) is 31.3 Å². The molecule has 0 fully saturated rings. The predicted molar refractivity (Wildman–Crippen MR) is 78.9 cm³/mol. The summed E-state index contributed by atoms with van der Waals surface area (Å²) in [4.78, 5) is 32.5. The van der Waals surface area contributed by atoms with Crippen LogP contribution in [0.25, 0.3) is 0 Å². The average Bonchev–Trinajstić information content (AvgIpc) is 2.47. The van der Waals surface area contributed by atoms with Gasteiger partial charge in [0.2, 0.25) is 6.41 Å². The molecular weight excluding hydrogens is 294 g/mol. The third-order valence-electron chi connectivity index (χ3n) is 2.79. The molecule has 1 rings (SSSR count). The first-order valence-corrected chi connectivity index (χ1v) is 7.37. The number of ether oxygens (including phenoxy) is 1. The number of nitrogens with one attached hydrogen (secondary N) is 1. The Hall–Kier alpha value is -2.02. The van der Waals surface area contributed by atoms with Crippen LogP contribution in [0.15, 0.2) is 24.3 Å². The Balaban J connectivity index is 2.60. The fourth-order valence-corrected chi connectivity index (χ4v) is 2.75. The fraction of sp³-hybridized carbons (Fsp3) is 0.357. The molecule has 0 radical (unpaired) electrons. The van der Waals surface area contributed by atoms with Gasteiger partial charge in [0, 0.05) is 11.5 Å². The number of esters is 1. The van der Waals surface area contributed by atoms with Crippen molar-refractivity contribution in [2.75, 3.05) is 12.9 Å². The van der Waals surface area contributed by atoms with E-state index < -0.39 is 12.0 Å². The van der Waals surface area contributed by atoms with Gasteiger partial charge >= 0.3 is 11.9 Å². The van der Waals surface area contributed by atoms with Crippen LogP contribution in [0.5, 0.6) is 0 Å². The van der Waals surface area contributed by atoms with E-state index in [1.54, 1.807) is 0 Å². The van der Waals surface area contributed by atoms with Crippen LogP contribution in [0.1, 0.15) is 11.1 Å². The quantitative estimate of drug-likeness (QED) is 0.518. The Bertz CT molecular complexity index is 506. The molecule has 0 aliphatic carbocycles. The molecule has 7 heteroatoms. The minimum Gasteiger partial charge on any atom is -0.480 e. The highest BCUT2D eigenvalue weighted by molar-refractivity contribution is 7.98. The average molecular weight is 311 g/mol. The van der Waals surface area contributed by atoms with Gasteiger partial charge in [-0.2, -0.15) is 11.8 Å². The van der Waals surface area contributed by atoms with Crippen molar-refractivity contribution >= 4 is 30.1 Å². The molecule has 1 unspecified atom stereocenters. The van der Waals surface area contributed by atoms with Crippen molar-refractivity contribution in [1.82, 2.24) is 5.32 Å². The largest absolute Gasteiger partial charge is 0.480 e. The monoisotopic (exact) mass is 311 g/mol. The first kappa shape index (κ1) is 17.0. The van der Waals surface area contributed by atoms with Crippen molar-refractivity contribution in [2.24, 2.45) is 0 Å². The van der Waals surface area contributed by atoms with Gasteiger partial charge in [0.15, 0.2) is 0 Å². The van der Waals surface area contributed by atoms with Crippen LogP contribution in [0.2, 0.25) is 0 Å². The van der Waals surface area contributed by atoms with Crippen molar-refractivity contribution in [2.45, 2.75) is 18.2 Å². The normalized spacial score (nSPS) is 11.5. The minimum atomic E-state index is -1.07. The van der Waals surface area contributed by atoms with Gasteiger partial charge in [-0.3, -0.25) is 9.59 Å². The lowest BCUT2D eigenvalue weighted by atomic mass is 10.1. The van der Waals surface area contributed by atoms with E-state index in [0.29, 0.717) is 12.2 Å². The molecule has 0 aromatic heterocycles. The molecule has 6 nitrogen and oxygen atoms in total. The molecule has 1 atom stereocenters. The smallest absolute Gasteiger partial charge is 0.327 e. The molecule has 0 aliphatic heterocycles. The summed E-state index contributed by atoms with van der Waals surface area (Å²) in [6, 6.07) is 6.50. The predicted octanol–water partition coefficient (Wildman–Crippen LogP) is 0.834. The Morgan fingerprint density at radius 1 is 1.38 bits per heavy atom.